The molecule has 4 nitrogen and oxygen atoms in total. The predicted molar refractivity (Wildman–Crippen MR) is 35.4 cm³/mol. The van der Waals surface area contributed by atoms with Crippen LogP contribution in [0.5, 0.6) is 0 Å². The first kappa shape index (κ1) is 8.04. The van der Waals surface area contributed by atoms with Crippen LogP contribution in [0, 0.1) is 5.41 Å². The minimum Gasteiger partial charge on any atom is -0.427 e. The normalized spacial score (nSPS) is 22.4. The largest absolute Gasteiger partial charge is 0.427 e. The second-order valence-corrected chi connectivity index (χ2v) is 2.67. The van der Waals surface area contributed by atoms with Crippen LogP contribution in [-0.4, -0.2) is 18.7 Å². The van der Waals surface area contributed by atoms with Gasteiger partial charge in [0, 0.05) is 0 Å². The van der Waals surface area contributed by atoms with Gasteiger partial charge in [0.1, 0.15) is 0 Å². The van der Waals surface area contributed by atoms with Crippen LogP contribution in [0.25, 0.3) is 0 Å². The summed E-state index contributed by atoms with van der Waals surface area (Å²) in [6.07, 6.45) is 0.407. The molecule has 11 heavy (non-hydrogen) atoms. The molecule has 0 unspecified atom stereocenters. The van der Waals surface area contributed by atoms with E-state index in [0.29, 0.717) is 6.42 Å². The van der Waals surface area contributed by atoms with E-state index in [9.17, 15) is 9.59 Å². The fraction of sp³-hybridized carbons (Fsp3) is 0.714. The van der Waals surface area contributed by atoms with E-state index in [1.54, 1.807) is 6.92 Å². The quantitative estimate of drug-likeness (QED) is 0.411. The number of hydrogen-bond acceptors (Lipinski definition) is 4. The molecule has 0 aromatic carbocycles. The highest BCUT2D eigenvalue weighted by molar-refractivity contribution is 6.00. The topological polar surface area (TPSA) is 52.6 Å². The summed E-state index contributed by atoms with van der Waals surface area (Å²) in [5, 5.41) is 0. The predicted octanol–water partition coefficient (Wildman–Crippen LogP) is 0.460. The van der Waals surface area contributed by atoms with Gasteiger partial charge in [-0.2, -0.15) is 0 Å². The third-order valence-corrected chi connectivity index (χ3v) is 1.99. The van der Waals surface area contributed by atoms with E-state index in [1.165, 1.54) is 6.92 Å². The second-order valence-electron chi connectivity index (χ2n) is 2.67. The van der Waals surface area contributed by atoms with Crippen LogP contribution >= 0.6 is 0 Å². The average Bonchev–Trinajstić information content (AvgIpc) is 2.00. The summed E-state index contributed by atoms with van der Waals surface area (Å²) >= 11 is 0. The van der Waals surface area contributed by atoms with Gasteiger partial charge in [0.05, 0.1) is 0 Å². The fourth-order valence-electron chi connectivity index (χ4n) is 0.827. The molecule has 0 N–H and O–H groups in total. The highest BCUT2D eigenvalue weighted by Gasteiger charge is 2.45. The fourth-order valence-corrected chi connectivity index (χ4v) is 0.827. The molecule has 4 heteroatoms. The molecule has 1 fully saturated rings. The molecule has 0 amide bonds. The van der Waals surface area contributed by atoms with Crippen molar-refractivity contribution in [2.24, 2.45) is 5.41 Å². The van der Waals surface area contributed by atoms with E-state index in [0.717, 1.165) is 0 Å². The van der Waals surface area contributed by atoms with E-state index in [4.69, 9.17) is 0 Å². The van der Waals surface area contributed by atoms with Crippen LogP contribution in [0.15, 0.2) is 0 Å². The van der Waals surface area contributed by atoms with Crippen molar-refractivity contribution in [3.05, 3.63) is 0 Å². The average molecular weight is 158 g/mol. The van der Waals surface area contributed by atoms with Crippen molar-refractivity contribution in [2.45, 2.75) is 20.3 Å². The minimum atomic E-state index is -1.09. The molecule has 1 saturated heterocycles. The minimum absolute atomic E-state index is 0.243. The van der Waals surface area contributed by atoms with Crippen molar-refractivity contribution >= 4 is 11.9 Å². The molecule has 1 aliphatic rings. The van der Waals surface area contributed by atoms with E-state index >= 15 is 0 Å². The molecular weight excluding hydrogens is 148 g/mol. The molecule has 0 aliphatic carbocycles. The Morgan fingerprint density at radius 2 is 1.82 bits per heavy atom. The van der Waals surface area contributed by atoms with Crippen molar-refractivity contribution in [1.82, 2.24) is 0 Å². The maximum atomic E-state index is 11.0. The van der Waals surface area contributed by atoms with Gasteiger partial charge in [-0.05, 0) is 13.3 Å². The lowest BCUT2D eigenvalue weighted by Gasteiger charge is -2.27. The molecule has 0 aromatic heterocycles. The first-order valence-corrected chi connectivity index (χ1v) is 3.45. The molecule has 0 atom stereocenters. The number of carbonyl (C=O) groups is 2. The first-order chi connectivity index (χ1) is 5.11. The summed E-state index contributed by atoms with van der Waals surface area (Å²) in [6, 6.07) is 0. The van der Waals surface area contributed by atoms with Crippen molar-refractivity contribution in [2.75, 3.05) is 6.79 Å². The zero-order chi connectivity index (χ0) is 8.48. The molecule has 62 valence electrons. The molecule has 0 aromatic rings. The lowest BCUT2D eigenvalue weighted by atomic mass is 9.87. The SMILES string of the molecule is CCC1(C)C(=O)OCOC1=O. The first-order valence-electron chi connectivity index (χ1n) is 3.45. The Hall–Kier alpha value is -1.06. The Kier molecular flexibility index (Phi) is 1.85. The lowest BCUT2D eigenvalue weighted by Crippen LogP contribution is -2.43. The van der Waals surface area contributed by atoms with Crippen LogP contribution in [-0.2, 0) is 19.1 Å². The Balaban J connectivity index is 2.86. The third kappa shape index (κ3) is 1.08. The van der Waals surface area contributed by atoms with Gasteiger partial charge in [0.25, 0.3) is 0 Å². The van der Waals surface area contributed by atoms with E-state index in [1.807, 2.05) is 0 Å². The summed E-state index contributed by atoms with van der Waals surface area (Å²) in [7, 11) is 0. The number of rotatable bonds is 1. The van der Waals surface area contributed by atoms with Gasteiger partial charge < -0.3 is 9.47 Å². The van der Waals surface area contributed by atoms with Crippen LogP contribution in [0.2, 0.25) is 0 Å². The van der Waals surface area contributed by atoms with Gasteiger partial charge in [0.15, 0.2) is 5.41 Å². The van der Waals surface area contributed by atoms with E-state index in [2.05, 4.69) is 9.47 Å². The number of carbonyl (C=O) groups excluding carboxylic acids is 2. The number of esters is 2. The van der Waals surface area contributed by atoms with Crippen LogP contribution < -0.4 is 0 Å². The van der Waals surface area contributed by atoms with Gasteiger partial charge in [-0.1, -0.05) is 6.92 Å². The molecule has 1 aliphatic heterocycles. The summed E-state index contributed by atoms with van der Waals surface area (Å²) in [6.45, 7) is 3.03. The Bertz CT molecular complexity index is 181. The molecule has 0 radical (unpaired) electrons. The molecule has 0 bridgehead atoms. The van der Waals surface area contributed by atoms with Crippen molar-refractivity contribution < 1.29 is 19.1 Å². The summed E-state index contributed by atoms with van der Waals surface area (Å²) in [4.78, 5) is 22.1. The van der Waals surface area contributed by atoms with Crippen molar-refractivity contribution in [1.29, 1.82) is 0 Å². The summed E-state index contributed by atoms with van der Waals surface area (Å²) in [5.74, 6) is -0.979. The number of hydrogen-bond donors (Lipinski definition) is 0. The third-order valence-electron chi connectivity index (χ3n) is 1.99. The highest BCUT2D eigenvalue weighted by Crippen LogP contribution is 2.27. The standard InChI is InChI=1S/C7H10O4/c1-3-7(2)5(8)10-4-11-6(7)9/h3-4H2,1-2H3. The maximum Gasteiger partial charge on any atom is 0.326 e. The molecule has 1 heterocycles. The Morgan fingerprint density at radius 3 is 2.09 bits per heavy atom. The Morgan fingerprint density at radius 1 is 1.36 bits per heavy atom. The van der Waals surface area contributed by atoms with Gasteiger partial charge in [-0.15, -0.1) is 0 Å². The summed E-state index contributed by atoms with van der Waals surface area (Å²) < 4.78 is 9.15. The molecule has 1 rings (SSSR count). The van der Waals surface area contributed by atoms with Gasteiger partial charge >= 0.3 is 11.9 Å². The van der Waals surface area contributed by atoms with Crippen molar-refractivity contribution in [3.8, 4) is 0 Å². The van der Waals surface area contributed by atoms with Crippen LogP contribution in [0.1, 0.15) is 20.3 Å². The van der Waals surface area contributed by atoms with Gasteiger partial charge in [-0.3, -0.25) is 9.59 Å². The Labute approximate surface area is 64.5 Å². The van der Waals surface area contributed by atoms with Crippen LogP contribution in [0.4, 0.5) is 0 Å². The van der Waals surface area contributed by atoms with E-state index in [-0.39, 0.29) is 6.79 Å². The maximum absolute atomic E-state index is 11.0. The zero-order valence-corrected chi connectivity index (χ0v) is 6.55. The second kappa shape index (κ2) is 2.53. The van der Waals surface area contributed by atoms with E-state index < -0.39 is 17.4 Å². The number of cyclic esters (lactones) is 2. The zero-order valence-electron chi connectivity index (χ0n) is 6.55. The highest BCUT2D eigenvalue weighted by atomic mass is 16.7. The van der Waals surface area contributed by atoms with Gasteiger partial charge in [0.2, 0.25) is 6.79 Å². The molecule has 0 saturated carbocycles. The lowest BCUT2D eigenvalue weighted by molar-refractivity contribution is -0.200. The van der Waals surface area contributed by atoms with Crippen molar-refractivity contribution in [3.63, 3.8) is 0 Å². The molecule has 0 spiro atoms. The monoisotopic (exact) mass is 158 g/mol. The van der Waals surface area contributed by atoms with Gasteiger partial charge in [-0.25, -0.2) is 0 Å². The smallest absolute Gasteiger partial charge is 0.326 e. The molecular formula is C7H10O4. The van der Waals surface area contributed by atoms with Crippen LogP contribution in [0.3, 0.4) is 0 Å². The summed E-state index contributed by atoms with van der Waals surface area (Å²) in [5.41, 5.74) is -1.09. The number of ether oxygens (including phenoxy) is 2.